The molecule has 0 unspecified atom stereocenters. The molecule has 0 bridgehead atoms. The lowest BCUT2D eigenvalue weighted by Crippen LogP contribution is -2.31. The van der Waals surface area contributed by atoms with Crippen molar-refractivity contribution >= 4 is 5.97 Å². The number of hydrogen-bond acceptors (Lipinski definition) is 2. The van der Waals surface area contributed by atoms with Gasteiger partial charge in [-0.25, -0.2) is 4.79 Å². The molecule has 0 amide bonds. The van der Waals surface area contributed by atoms with Crippen molar-refractivity contribution in [2.75, 3.05) is 19.6 Å². The Morgan fingerprint density at radius 3 is 2.86 bits per heavy atom. The third kappa shape index (κ3) is 3.50. The summed E-state index contributed by atoms with van der Waals surface area (Å²) in [6.07, 6.45) is 6.28. The van der Waals surface area contributed by atoms with Gasteiger partial charge in [-0.15, -0.1) is 0 Å². The molecule has 0 saturated carbocycles. The van der Waals surface area contributed by atoms with Crippen LogP contribution < -0.4 is 0 Å². The molecule has 1 rings (SSSR count). The molecule has 1 aliphatic heterocycles. The van der Waals surface area contributed by atoms with Crippen molar-refractivity contribution in [1.82, 2.24) is 4.90 Å². The van der Waals surface area contributed by atoms with Gasteiger partial charge < -0.3 is 5.11 Å². The SMILES string of the molecule is CCCCCN1CC=C(C(=O)O)CC1. The second-order valence-electron chi connectivity index (χ2n) is 3.79. The predicted molar refractivity (Wildman–Crippen MR) is 56.3 cm³/mol. The molecule has 14 heavy (non-hydrogen) atoms. The van der Waals surface area contributed by atoms with Gasteiger partial charge in [0.25, 0.3) is 0 Å². The maximum absolute atomic E-state index is 10.6. The quantitative estimate of drug-likeness (QED) is 0.684. The summed E-state index contributed by atoms with van der Waals surface area (Å²) < 4.78 is 0. The van der Waals surface area contributed by atoms with Crippen molar-refractivity contribution in [1.29, 1.82) is 0 Å². The molecule has 0 saturated heterocycles. The van der Waals surface area contributed by atoms with Crippen molar-refractivity contribution < 1.29 is 9.90 Å². The van der Waals surface area contributed by atoms with E-state index in [-0.39, 0.29) is 0 Å². The highest BCUT2D eigenvalue weighted by Crippen LogP contribution is 2.11. The Hall–Kier alpha value is -0.830. The van der Waals surface area contributed by atoms with Gasteiger partial charge in [-0.05, 0) is 19.4 Å². The third-order valence-electron chi connectivity index (χ3n) is 2.65. The molecule has 0 spiro atoms. The second kappa shape index (κ2) is 5.81. The van der Waals surface area contributed by atoms with Crippen LogP contribution in [-0.2, 0) is 4.79 Å². The zero-order valence-corrected chi connectivity index (χ0v) is 8.83. The van der Waals surface area contributed by atoms with Crippen LogP contribution in [-0.4, -0.2) is 35.6 Å². The zero-order valence-electron chi connectivity index (χ0n) is 8.83. The lowest BCUT2D eigenvalue weighted by atomic mass is 10.1. The molecule has 80 valence electrons. The molecule has 0 radical (unpaired) electrons. The van der Waals surface area contributed by atoms with E-state index in [0.717, 1.165) is 19.6 Å². The molecule has 0 aromatic heterocycles. The van der Waals surface area contributed by atoms with Crippen molar-refractivity contribution in [3.8, 4) is 0 Å². The van der Waals surface area contributed by atoms with E-state index < -0.39 is 5.97 Å². The van der Waals surface area contributed by atoms with Crippen LogP contribution in [0.15, 0.2) is 11.6 Å². The van der Waals surface area contributed by atoms with E-state index in [1.807, 2.05) is 6.08 Å². The van der Waals surface area contributed by atoms with Crippen molar-refractivity contribution in [2.24, 2.45) is 0 Å². The lowest BCUT2D eigenvalue weighted by Gasteiger charge is -2.24. The van der Waals surface area contributed by atoms with Gasteiger partial charge in [-0.3, -0.25) is 4.90 Å². The Bertz CT molecular complexity index is 223. The summed E-state index contributed by atoms with van der Waals surface area (Å²) in [6.45, 7) is 5.02. The number of hydrogen-bond donors (Lipinski definition) is 1. The minimum atomic E-state index is -0.752. The fourth-order valence-corrected chi connectivity index (χ4v) is 1.69. The molecular formula is C11H19NO2. The van der Waals surface area contributed by atoms with Gasteiger partial charge in [0.1, 0.15) is 0 Å². The summed E-state index contributed by atoms with van der Waals surface area (Å²) in [5.41, 5.74) is 0.580. The van der Waals surface area contributed by atoms with E-state index in [2.05, 4.69) is 11.8 Å². The number of nitrogens with zero attached hydrogens (tertiary/aromatic N) is 1. The van der Waals surface area contributed by atoms with Gasteiger partial charge >= 0.3 is 5.97 Å². The van der Waals surface area contributed by atoms with Gasteiger partial charge in [-0.1, -0.05) is 25.8 Å². The predicted octanol–water partition coefficient (Wildman–Crippen LogP) is 1.89. The second-order valence-corrected chi connectivity index (χ2v) is 3.79. The number of carbonyl (C=O) groups is 1. The van der Waals surface area contributed by atoms with Crippen LogP contribution >= 0.6 is 0 Å². The maximum atomic E-state index is 10.6. The first-order chi connectivity index (χ1) is 6.74. The van der Waals surface area contributed by atoms with Crippen LogP contribution in [0.2, 0.25) is 0 Å². The summed E-state index contributed by atoms with van der Waals surface area (Å²) in [6, 6.07) is 0. The Balaban J connectivity index is 2.24. The number of aliphatic carboxylic acids is 1. The van der Waals surface area contributed by atoms with Crippen LogP contribution in [0, 0.1) is 0 Å². The fourth-order valence-electron chi connectivity index (χ4n) is 1.69. The molecular weight excluding hydrogens is 178 g/mol. The Labute approximate surface area is 85.4 Å². The normalized spacial score (nSPS) is 17.9. The highest BCUT2D eigenvalue weighted by atomic mass is 16.4. The number of rotatable bonds is 5. The van der Waals surface area contributed by atoms with E-state index in [1.54, 1.807) is 0 Å². The van der Waals surface area contributed by atoms with E-state index in [4.69, 9.17) is 5.11 Å². The molecule has 3 nitrogen and oxygen atoms in total. The zero-order chi connectivity index (χ0) is 10.4. The number of unbranched alkanes of at least 4 members (excludes halogenated alkanes) is 2. The van der Waals surface area contributed by atoms with Gasteiger partial charge in [0.05, 0.1) is 0 Å². The largest absolute Gasteiger partial charge is 0.478 e. The minimum absolute atomic E-state index is 0.580. The van der Waals surface area contributed by atoms with Crippen LogP contribution in [0.3, 0.4) is 0 Å². The molecule has 3 heteroatoms. The summed E-state index contributed by atoms with van der Waals surface area (Å²) in [5.74, 6) is -0.752. The van der Waals surface area contributed by atoms with Crippen molar-refractivity contribution in [3.63, 3.8) is 0 Å². The van der Waals surface area contributed by atoms with Gasteiger partial charge in [0.15, 0.2) is 0 Å². The Morgan fingerprint density at radius 2 is 2.36 bits per heavy atom. The highest BCUT2D eigenvalue weighted by molar-refractivity contribution is 5.86. The van der Waals surface area contributed by atoms with Crippen LogP contribution in [0.4, 0.5) is 0 Å². The van der Waals surface area contributed by atoms with Gasteiger partial charge in [-0.2, -0.15) is 0 Å². The fraction of sp³-hybridized carbons (Fsp3) is 0.727. The highest BCUT2D eigenvalue weighted by Gasteiger charge is 2.14. The van der Waals surface area contributed by atoms with Crippen LogP contribution in [0.25, 0.3) is 0 Å². The van der Waals surface area contributed by atoms with Crippen LogP contribution in [0.1, 0.15) is 32.6 Å². The Morgan fingerprint density at radius 1 is 1.57 bits per heavy atom. The number of carboxylic acid groups (broad SMARTS) is 1. The smallest absolute Gasteiger partial charge is 0.331 e. The molecule has 0 fully saturated rings. The summed E-state index contributed by atoms with van der Waals surface area (Å²) in [4.78, 5) is 13.0. The summed E-state index contributed by atoms with van der Waals surface area (Å²) in [7, 11) is 0. The van der Waals surface area contributed by atoms with E-state index in [1.165, 1.54) is 19.3 Å². The molecule has 0 aromatic rings. The summed E-state index contributed by atoms with van der Waals surface area (Å²) >= 11 is 0. The lowest BCUT2D eigenvalue weighted by molar-refractivity contribution is -0.133. The average Bonchev–Trinajstić information content (AvgIpc) is 2.19. The van der Waals surface area contributed by atoms with Crippen LogP contribution in [0.5, 0.6) is 0 Å². The molecule has 1 aliphatic rings. The van der Waals surface area contributed by atoms with Gasteiger partial charge in [0.2, 0.25) is 0 Å². The maximum Gasteiger partial charge on any atom is 0.331 e. The average molecular weight is 197 g/mol. The van der Waals surface area contributed by atoms with E-state index in [0.29, 0.717) is 12.0 Å². The van der Waals surface area contributed by atoms with Crippen molar-refractivity contribution in [2.45, 2.75) is 32.6 Å². The number of carboxylic acids is 1. The minimum Gasteiger partial charge on any atom is -0.478 e. The summed E-state index contributed by atoms with van der Waals surface area (Å²) in [5, 5.41) is 8.75. The topological polar surface area (TPSA) is 40.5 Å². The first kappa shape index (κ1) is 11.2. The van der Waals surface area contributed by atoms with E-state index >= 15 is 0 Å². The van der Waals surface area contributed by atoms with Crippen molar-refractivity contribution in [3.05, 3.63) is 11.6 Å². The Kier molecular flexibility index (Phi) is 4.66. The molecule has 1 N–H and O–H groups in total. The molecule has 0 aliphatic carbocycles. The molecule has 1 heterocycles. The standard InChI is InChI=1S/C11H19NO2/c1-2-3-4-7-12-8-5-10(6-9-12)11(13)14/h5H,2-4,6-9H2,1H3,(H,13,14). The first-order valence-corrected chi connectivity index (χ1v) is 5.38. The van der Waals surface area contributed by atoms with Gasteiger partial charge in [0, 0.05) is 18.7 Å². The monoisotopic (exact) mass is 197 g/mol. The third-order valence-corrected chi connectivity index (χ3v) is 2.65. The first-order valence-electron chi connectivity index (χ1n) is 5.38. The van der Waals surface area contributed by atoms with E-state index in [9.17, 15) is 4.79 Å². The molecule has 0 aromatic carbocycles. The molecule has 0 atom stereocenters.